The van der Waals surface area contributed by atoms with E-state index >= 15 is 0 Å². The lowest BCUT2D eigenvalue weighted by molar-refractivity contribution is 0.00490. The van der Waals surface area contributed by atoms with Crippen LogP contribution in [0.2, 0.25) is 5.02 Å². The van der Waals surface area contributed by atoms with Crippen molar-refractivity contribution in [2.75, 3.05) is 6.54 Å². The average molecular weight is 680 g/mol. The minimum Gasteiger partial charge on any atom is -0.377 e. The molecule has 2 aromatic heterocycles. The molecule has 5 atom stereocenters. The molecule has 5 heterocycles. The number of benzene rings is 1. The van der Waals surface area contributed by atoms with Gasteiger partial charge in [-0.15, -0.1) is 17.8 Å². The van der Waals surface area contributed by atoms with Crippen LogP contribution in [0.4, 0.5) is 13.2 Å². The van der Waals surface area contributed by atoms with E-state index in [9.17, 15) is 26.7 Å². The minimum atomic E-state index is -4.08. The molecule has 2 fully saturated rings. The Hall–Kier alpha value is -3.26. The second-order valence-electron chi connectivity index (χ2n) is 11.4. The molecule has 6 rings (SSSR count). The number of piperidine rings is 1. The van der Waals surface area contributed by atoms with E-state index in [4.69, 9.17) is 23.0 Å². The number of nitrogens with zero attached hydrogens (tertiary/aromatic N) is 6. The van der Waals surface area contributed by atoms with Gasteiger partial charge in [0.05, 0.1) is 5.69 Å². The van der Waals surface area contributed by atoms with Crippen molar-refractivity contribution in [1.29, 1.82) is 0 Å². The lowest BCUT2D eigenvalue weighted by Gasteiger charge is -2.43. The summed E-state index contributed by atoms with van der Waals surface area (Å²) in [6, 6.07) is 2.58. The number of halogens is 4. The number of amidine groups is 1. The highest BCUT2D eigenvalue weighted by Crippen LogP contribution is 2.46. The highest BCUT2D eigenvalue weighted by atomic mass is 35.5. The maximum Gasteiger partial charge on any atom is 0.333 e. The Morgan fingerprint density at radius 3 is 2.58 bits per heavy atom. The van der Waals surface area contributed by atoms with Crippen LogP contribution in [-0.2, 0) is 10.2 Å². The van der Waals surface area contributed by atoms with Crippen molar-refractivity contribution in [3.63, 3.8) is 0 Å². The van der Waals surface area contributed by atoms with Gasteiger partial charge < -0.3 is 10.0 Å². The van der Waals surface area contributed by atoms with Gasteiger partial charge in [0.15, 0.2) is 10.8 Å². The summed E-state index contributed by atoms with van der Waals surface area (Å²) in [6.45, 7) is 0.648. The Morgan fingerprint density at radius 1 is 1.24 bits per heavy atom. The summed E-state index contributed by atoms with van der Waals surface area (Å²) < 4.78 is 73.6. The number of aliphatic imine (C=N–C) groups is 1. The SMILES string of the molecule is C#CC1(O)CC(C)N(S(=O)(=O)N[C@H]2CC3=C(c4ccn(C(F)F)n4)[C@H](c4ccc(F)cc4Cl)N=C(c4nccs4)N3C2)[C@H](C)C1. The van der Waals surface area contributed by atoms with E-state index in [-0.39, 0.29) is 36.5 Å². The van der Waals surface area contributed by atoms with Crippen LogP contribution >= 0.6 is 22.9 Å². The first kappa shape index (κ1) is 31.7. The number of thiazole rings is 1. The molecule has 3 aromatic rings. The predicted molar refractivity (Wildman–Crippen MR) is 164 cm³/mol. The lowest BCUT2D eigenvalue weighted by Crippen LogP contribution is -2.59. The lowest BCUT2D eigenvalue weighted by atomic mass is 9.85. The number of alkyl halides is 2. The third-order valence-corrected chi connectivity index (χ3v) is 11.2. The molecule has 0 bridgehead atoms. The molecule has 2 N–H and O–H groups in total. The third-order valence-electron chi connectivity index (χ3n) is 8.22. The smallest absolute Gasteiger partial charge is 0.333 e. The first-order valence-electron chi connectivity index (χ1n) is 14.1. The molecule has 16 heteroatoms. The van der Waals surface area contributed by atoms with Gasteiger partial charge in [-0.25, -0.2) is 14.1 Å². The van der Waals surface area contributed by atoms with Gasteiger partial charge in [-0.1, -0.05) is 23.6 Å². The molecule has 10 nitrogen and oxygen atoms in total. The molecule has 0 aliphatic carbocycles. The molecular formula is C29H29ClF3N7O3S2. The van der Waals surface area contributed by atoms with Gasteiger partial charge in [0.2, 0.25) is 0 Å². The number of rotatable bonds is 7. The summed E-state index contributed by atoms with van der Waals surface area (Å²) in [5.74, 6) is 2.27. The highest BCUT2D eigenvalue weighted by Gasteiger charge is 2.47. The van der Waals surface area contributed by atoms with Crippen molar-refractivity contribution < 1.29 is 26.7 Å². The van der Waals surface area contributed by atoms with E-state index in [1.165, 1.54) is 33.8 Å². The van der Waals surface area contributed by atoms with E-state index in [0.717, 1.165) is 12.3 Å². The molecule has 1 aromatic carbocycles. The van der Waals surface area contributed by atoms with Gasteiger partial charge >= 0.3 is 6.55 Å². The summed E-state index contributed by atoms with van der Waals surface area (Å²) in [5.41, 5.74) is 0.230. The van der Waals surface area contributed by atoms with Gasteiger partial charge in [0.1, 0.15) is 17.5 Å². The van der Waals surface area contributed by atoms with Gasteiger partial charge in [-0.3, -0.25) is 4.99 Å². The van der Waals surface area contributed by atoms with Crippen LogP contribution in [0.3, 0.4) is 0 Å². The topological polar surface area (TPSA) is 116 Å². The quantitative estimate of drug-likeness (QED) is 0.353. The standard InChI is InChI=1S/C29H29ClF3N7O3S2/c1-4-29(41)13-16(2)40(17(3)14-29)45(42,43)37-19-12-23-24(22-7-9-39(36-22)28(32)33)25(20-6-5-18(31)11-21(20)30)35-26(38(23)15-19)27-34-8-10-44-27/h1,5-11,16-17,19,25,28,37,41H,12-15H2,2-3H3/t16-,17?,19+,25+,29?/m1/s1. The number of aromatic nitrogens is 3. The summed E-state index contributed by atoms with van der Waals surface area (Å²) in [7, 11) is -4.08. The van der Waals surface area contributed by atoms with Crippen LogP contribution in [0.25, 0.3) is 5.57 Å². The normalized spacial score (nSPS) is 27.5. The van der Waals surface area contributed by atoms with E-state index in [1.54, 1.807) is 25.4 Å². The Morgan fingerprint density at radius 2 is 1.98 bits per heavy atom. The monoisotopic (exact) mass is 679 g/mol. The molecule has 2 unspecified atom stereocenters. The van der Waals surface area contributed by atoms with Crippen molar-refractivity contribution in [2.45, 2.75) is 69.4 Å². The zero-order chi connectivity index (χ0) is 32.3. The molecule has 0 radical (unpaired) electrons. The van der Waals surface area contributed by atoms with E-state index in [0.29, 0.717) is 32.4 Å². The van der Waals surface area contributed by atoms with E-state index in [2.05, 4.69) is 20.7 Å². The Labute approximate surface area is 267 Å². The first-order valence-corrected chi connectivity index (χ1v) is 16.8. The highest BCUT2D eigenvalue weighted by molar-refractivity contribution is 7.87. The fourth-order valence-corrected chi connectivity index (χ4v) is 9.28. The Bertz CT molecular complexity index is 1810. The molecule has 45 heavy (non-hydrogen) atoms. The molecule has 2 saturated heterocycles. The Kier molecular flexibility index (Phi) is 8.34. The second-order valence-corrected chi connectivity index (χ2v) is 14.3. The van der Waals surface area contributed by atoms with Crippen LogP contribution in [-0.4, -0.2) is 73.6 Å². The van der Waals surface area contributed by atoms with Gasteiger partial charge in [0.25, 0.3) is 10.2 Å². The number of nitrogens with one attached hydrogen (secondary N) is 1. The molecule has 0 saturated carbocycles. The molecule has 3 aliphatic heterocycles. The Balaban J connectivity index is 1.43. The zero-order valence-corrected chi connectivity index (χ0v) is 26.5. The largest absolute Gasteiger partial charge is 0.377 e. The molecule has 0 spiro atoms. The van der Waals surface area contributed by atoms with Crippen molar-refractivity contribution in [2.24, 2.45) is 4.99 Å². The molecule has 238 valence electrons. The average Bonchev–Trinajstić information content (AvgIpc) is 3.72. The fourth-order valence-electron chi connectivity index (χ4n) is 6.57. The van der Waals surface area contributed by atoms with Gasteiger partial charge in [-0.2, -0.15) is 31.3 Å². The van der Waals surface area contributed by atoms with Crippen molar-refractivity contribution in [3.8, 4) is 12.3 Å². The maximum atomic E-state index is 14.1. The van der Waals surface area contributed by atoms with Crippen molar-refractivity contribution in [1.82, 2.24) is 28.7 Å². The second kappa shape index (κ2) is 11.8. The number of fused-ring (bicyclic) bond motifs is 1. The summed E-state index contributed by atoms with van der Waals surface area (Å²) in [5, 5.41) is 17.2. The van der Waals surface area contributed by atoms with Crippen LogP contribution in [0.15, 0.2) is 52.7 Å². The summed E-state index contributed by atoms with van der Waals surface area (Å²) in [6.07, 6.45) is 8.60. The number of hydrogen-bond acceptors (Lipinski definition) is 8. The molecule has 3 aliphatic rings. The van der Waals surface area contributed by atoms with Gasteiger partial charge in [0, 0.05) is 83.6 Å². The molecular weight excluding hydrogens is 651 g/mol. The number of aliphatic hydroxyl groups is 1. The summed E-state index contributed by atoms with van der Waals surface area (Å²) in [4.78, 5) is 11.2. The van der Waals surface area contributed by atoms with Gasteiger partial charge in [-0.05, 0) is 32.0 Å². The van der Waals surface area contributed by atoms with Crippen LogP contribution in [0, 0.1) is 18.2 Å². The van der Waals surface area contributed by atoms with E-state index < -0.39 is 52.3 Å². The van der Waals surface area contributed by atoms with Crippen molar-refractivity contribution in [3.05, 3.63) is 74.8 Å². The summed E-state index contributed by atoms with van der Waals surface area (Å²) >= 11 is 7.84. The van der Waals surface area contributed by atoms with E-state index in [1.807, 2.05) is 4.90 Å². The van der Waals surface area contributed by atoms with Crippen molar-refractivity contribution >= 4 is 44.6 Å². The van der Waals surface area contributed by atoms with Crippen LogP contribution in [0.5, 0.6) is 0 Å². The maximum absolute atomic E-state index is 14.1. The number of hydrogen-bond donors (Lipinski definition) is 2. The number of terminal acetylenes is 1. The zero-order valence-electron chi connectivity index (χ0n) is 24.1. The molecule has 0 amide bonds. The predicted octanol–water partition coefficient (Wildman–Crippen LogP) is 4.59. The third kappa shape index (κ3) is 5.91. The minimum absolute atomic E-state index is 0.0780. The fraction of sp³-hybridized carbons (Fsp3) is 0.414. The van der Waals surface area contributed by atoms with Crippen LogP contribution in [0.1, 0.15) is 62.0 Å². The first-order chi connectivity index (χ1) is 21.3. The van der Waals surface area contributed by atoms with Crippen LogP contribution < -0.4 is 4.72 Å².